The first-order valence-electron chi connectivity index (χ1n) is 6.57. The number of H-pyrrole nitrogens is 1. The van der Waals surface area contributed by atoms with Gasteiger partial charge in [0.2, 0.25) is 0 Å². The van der Waals surface area contributed by atoms with Crippen molar-refractivity contribution in [1.82, 2.24) is 9.97 Å². The minimum absolute atomic E-state index is 0.0242. The van der Waals surface area contributed by atoms with Crippen molar-refractivity contribution in [3.05, 3.63) is 55.3 Å². The van der Waals surface area contributed by atoms with Crippen LogP contribution in [0.1, 0.15) is 30.4 Å². The molecule has 0 amide bonds. The van der Waals surface area contributed by atoms with E-state index in [9.17, 15) is 4.79 Å². The molecule has 106 valence electrons. The molecule has 5 heteroatoms. The van der Waals surface area contributed by atoms with Gasteiger partial charge in [-0.2, -0.15) is 0 Å². The van der Waals surface area contributed by atoms with Gasteiger partial charge in [0.25, 0.3) is 5.56 Å². The van der Waals surface area contributed by atoms with E-state index in [-0.39, 0.29) is 5.56 Å². The Morgan fingerprint density at radius 2 is 2.20 bits per heavy atom. The summed E-state index contributed by atoms with van der Waals surface area (Å²) in [7, 11) is 0. The largest absolute Gasteiger partial charge is 0.309 e. The second kappa shape index (κ2) is 7.26. The molecule has 20 heavy (non-hydrogen) atoms. The average Bonchev–Trinajstić information content (AvgIpc) is 2.42. The Kier molecular flexibility index (Phi) is 5.65. The number of aryl methyl sites for hydroxylation is 2. The Hall–Kier alpha value is -0.820. The second-order valence-corrected chi connectivity index (χ2v) is 6.76. The van der Waals surface area contributed by atoms with Gasteiger partial charge in [0.05, 0.1) is 15.0 Å². The zero-order chi connectivity index (χ0) is 14.5. The first kappa shape index (κ1) is 15.6. The van der Waals surface area contributed by atoms with Gasteiger partial charge in [-0.25, -0.2) is 4.98 Å². The van der Waals surface area contributed by atoms with E-state index in [0.29, 0.717) is 9.32 Å². The third-order valence-corrected chi connectivity index (χ3v) is 4.95. The molecule has 0 aliphatic carbocycles. The standard InChI is InChI=1S/C15H17IN2OS/c1-3-5-12-14(16)15(19)18-13(17-12)9-20-11-7-4-6-10(2)8-11/h4,6-8H,3,5,9H2,1-2H3,(H,17,18,19). The summed E-state index contributed by atoms with van der Waals surface area (Å²) in [6.45, 7) is 4.18. The molecule has 0 aliphatic heterocycles. The van der Waals surface area contributed by atoms with Crippen LogP contribution < -0.4 is 5.56 Å². The highest BCUT2D eigenvalue weighted by Crippen LogP contribution is 2.22. The normalized spacial score (nSPS) is 10.8. The first-order chi connectivity index (χ1) is 9.60. The van der Waals surface area contributed by atoms with Crippen LogP contribution in [0.3, 0.4) is 0 Å². The van der Waals surface area contributed by atoms with E-state index < -0.39 is 0 Å². The molecule has 0 spiro atoms. The van der Waals surface area contributed by atoms with Crippen molar-refractivity contribution in [2.24, 2.45) is 0 Å². The van der Waals surface area contributed by atoms with E-state index in [1.165, 1.54) is 10.5 Å². The Morgan fingerprint density at radius 1 is 1.40 bits per heavy atom. The maximum atomic E-state index is 11.9. The lowest BCUT2D eigenvalue weighted by atomic mass is 10.2. The molecule has 0 fully saturated rings. The van der Waals surface area contributed by atoms with Crippen LogP contribution in [0.25, 0.3) is 0 Å². The Bertz CT molecular complexity index is 655. The van der Waals surface area contributed by atoms with Crippen LogP contribution in [0.2, 0.25) is 0 Å². The lowest BCUT2D eigenvalue weighted by molar-refractivity contribution is 0.834. The lowest BCUT2D eigenvalue weighted by Crippen LogP contribution is -2.17. The molecule has 0 aliphatic rings. The fourth-order valence-electron chi connectivity index (χ4n) is 1.88. The number of halogens is 1. The van der Waals surface area contributed by atoms with E-state index in [2.05, 4.69) is 64.6 Å². The quantitative estimate of drug-likeness (QED) is 0.611. The van der Waals surface area contributed by atoms with Gasteiger partial charge in [-0.05, 0) is 48.1 Å². The fourth-order valence-corrected chi connectivity index (χ4v) is 3.29. The van der Waals surface area contributed by atoms with Crippen LogP contribution in [0.15, 0.2) is 34.0 Å². The van der Waals surface area contributed by atoms with Crippen LogP contribution in [0.4, 0.5) is 0 Å². The Morgan fingerprint density at radius 3 is 2.90 bits per heavy atom. The van der Waals surface area contributed by atoms with Crippen molar-refractivity contribution in [3.63, 3.8) is 0 Å². The van der Waals surface area contributed by atoms with Gasteiger partial charge in [-0.1, -0.05) is 31.0 Å². The molecular formula is C15H17IN2OS. The third-order valence-electron chi connectivity index (χ3n) is 2.83. The highest BCUT2D eigenvalue weighted by molar-refractivity contribution is 14.1. The summed E-state index contributed by atoms with van der Waals surface area (Å²) < 4.78 is 0.716. The van der Waals surface area contributed by atoms with Crippen LogP contribution in [0, 0.1) is 10.5 Å². The van der Waals surface area contributed by atoms with Gasteiger partial charge in [-0.3, -0.25) is 4.79 Å². The summed E-state index contributed by atoms with van der Waals surface area (Å²) in [6, 6.07) is 8.34. The van der Waals surface area contributed by atoms with Gasteiger partial charge >= 0.3 is 0 Å². The summed E-state index contributed by atoms with van der Waals surface area (Å²) in [6.07, 6.45) is 1.85. The minimum Gasteiger partial charge on any atom is -0.309 e. The number of hydrogen-bond donors (Lipinski definition) is 1. The molecule has 1 aromatic heterocycles. The highest BCUT2D eigenvalue weighted by Gasteiger charge is 2.08. The molecule has 0 saturated carbocycles. The van der Waals surface area contributed by atoms with E-state index in [1.807, 2.05) is 6.07 Å². The average molecular weight is 400 g/mol. The van der Waals surface area contributed by atoms with Crippen molar-refractivity contribution in [3.8, 4) is 0 Å². The molecule has 1 heterocycles. The smallest absolute Gasteiger partial charge is 0.264 e. The molecule has 3 nitrogen and oxygen atoms in total. The fraction of sp³-hybridized carbons (Fsp3) is 0.333. The van der Waals surface area contributed by atoms with Crippen molar-refractivity contribution in [2.45, 2.75) is 37.3 Å². The van der Waals surface area contributed by atoms with Crippen LogP contribution >= 0.6 is 34.4 Å². The molecule has 0 radical (unpaired) electrons. The molecule has 2 rings (SSSR count). The van der Waals surface area contributed by atoms with Crippen molar-refractivity contribution >= 4 is 34.4 Å². The lowest BCUT2D eigenvalue weighted by Gasteiger charge is -2.06. The first-order valence-corrected chi connectivity index (χ1v) is 8.63. The van der Waals surface area contributed by atoms with Crippen LogP contribution in [0.5, 0.6) is 0 Å². The predicted octanol–water partition coefficient (Wildman–Crippen LogP) is 3.93. The van der Waals surface area contributed by atoms with Crippen molar-refractivity contribution < 1.29 is 0 Å². The minimum atomic E-state index is -0.0242. The van der Waals surface area contributed by atoms with Gasteiger partial charge in [-0.15, -0.1) is 11.8 Å². The molecule has 0 unspecified atom stereocenters. The molecule has 0 bridgehead atoms. The number of nitrogens with one attached hydrogen (secondary N) is 1. The third kappa shape index (κ3) is 4.09. The van der Waals surface area contributed by atoms with Crippen LogP contribution in [-0.2, 0) is 12.2 Å². The number of benzene rings is 1. The SMILES string of the molecule is CCCc1nc(CSc2cccc(C)c2)[nH]c(=O)c1I. The molecular weight excluding hydrogens is 383 g/mol. The number of thioether (sulfide) groups is 1. The maximum absolute atomic E-state index is 11.9. The molecule has 1 N–H and O–H groups in total. The zero-order valence-electron chi connectivity index (χ0n) is 11.6. The highest BCUT2D eigenvalue weighted by atomic mass is 127. The Balaban J connectivity index is 2.15. The van der Waals surface area contributed by atoms with E-state index in [0.717, 1.165) is 24.4 Å². The molecule has 0 saturated heterocycles. The number of nitrogens with zero attached hydrogens (tertiary/aromatic N) is 1. The predicted molar refractivity (Wildman–Crippen MR) is 92.3 cm³/mol. The molecule has 0 atom stereocenters. The van der Waals surface area contributed by atoms with E-state index in [1.54, 1.807) is 11.8 Å². The van der Waals surface area contributed by atoms with Gasteiger partial charge in [0.15, 0.2) is 0 Å². The van der Waals surface area contributed by atoms with E-state index >= 15 is 0 Å². The van der Waals surface area contributed by atoms with Crippen molar-refractivity contribution in [2.75, 3.05) is 0 Å². The van der Waals surface area contributed by atoms with Gasteiger partial charge in [0, 0.05) is 4.90 Å². The maximum Gasteiger partial charge on any atom is 0.264 e. The Labute approximate surface area is 136 Å². The van der Waals surface area contributed by atoms with Crippen LogP contribution in [-0.4, -0.2) is 9.97 Å². The number of aromatic amines is 1. The summed E-state index contributed by atoms with van der Waals surface area (Å²) in [4.78, 5) is 20.5. The summed E-state index contributed by atoms with van der Waals surface area (Å²) >= 11 is 3.77. The second-order valence-electron chi connectivity index (χ2n) is 4.63. The molecule has 2 aromatic rings. The topological polar surface area (TPSA) is 45.8 Å². The summed E-state index contributed by atoms with van der Waals surface area (Å²) in [5.41, 5.74) is 2.13. The summed E-state index contributed by atoms with van der Waals surface area (Å²) in [5, 5.41) is 0. The van der Waals surface area contributed by atoms with Gasteiger partial charge in [0.1, 0.15) is 5.82 Å². The number of hydrogen-bond acceptors (Lipinski definition) is 3. The summed E-state index contributed by atoms with van der Waals surface area (Å²) in [5.74, 6) is 1.44. The van der Waals surface area contributed by atoms with Gasteiger partial charge < -0.3 is 4.98 Å². The number of aromatic nitrogens is 2. The zero-order valence-corrected chi connectivity index (χ0v) is 14.5. The van der Waals surface area contributed by atoms with E-state index in [4.69, 9.17) is 0 Å². The molecule has 1 aromatic carbocycles. The van der Waals surface area contributed by atoms with Crippen molar-refractivity contribution in [1.29, 1.82) is 0 Å². The monoisotopic (exact) mass is 400 g/mol. The number of rotatable bonds is 5.